The molecule has 0 amide bonds. The average Bonchev–Trinajstić information content (AvgIpc) is 2.70. The molecule has 1 atom stereocenters. The zero-order valence-electron chi connectivity index (χ0n) is 18.7. The third kappa shape index (κ3) is 4.93. The summed E-state index contributed by atoms with van der Waals surface area (Å²) in [5.74, 6) is -60.1. The van der Waals surface area contributed by atoms with Crippen LogP contribution in [0.2, 0.25) is 0 Å². The van der Waals surface area contributed by atoms with Crippen molar-refractivity contribution >= 4 is 10.1 Å². The van der Waals surface area contributed by atoms with Crippen molar-refractivity contribution in [1.29, 1.82) is 0 Å². The maximum Gasteiger partial charge on any atom is 1.00 e. The molecule has 1 spiro atoms. The van der Waals surface area contributed by atoms with Gasteiger partial charge in [-0.15, -0.1) is 0 Å². The van der Waals surface area contributed by atoms with E-state index in [4.69, 9.17) is 4.74 Å². The van der Waals surface area contributed by atoms with Gasteiger partial charge in [0.05, 0.1) is 12.2 Å². The van der Waals surface area contributed by atoms with E-state index in [0.717, 1.165) is 0 Å². The van der Waals surface area contributed by atoms with Gasteiger partial charge in [-0.05, 0) is 25.7 Å². The summed E-state index contributed by atoms with van der Waals surface area (Å²) in [6.07, 6.45) is -13.0. The molecular formula is C16H12F17NaO4S. The van der Waals surface area contributed by atoms with Crippen molar-refractivity contribution in [2.24, 2.45) is 5.92 Å². The molecule has 1 unspecified atom stereocenters. The van der Waals surface area contributed by atoms with E-state index in [9.17, 15) is 87.6 Å². The second kappa shape index (κ2) is 9.87. The van der Waals surface area contributed by atoms with Gasteiger partial charge in [-0.3, -0.25) is 0 Å². The van der Waals surface area contributed by atoms with Crippen LogP contribution in [0.15, 0.2) is 0 Å². The molecule has 39 heavy (non-hydrogen) atoms. The van der Waals surface area contributed by atoms with Crippen LogP contribution in [-0.4, -0.2) is 78.1 Å². The van der Waals surface area contributed by atoms with E-state index in [0.29, 0.717) is 0 Å². The maximum absolute atomic E-state index is 14.4. The van der Waals surface area contributed by atoms with Crippen molar-refractivity contribution in [3.63, 3.8) is 0 Å². The standard InChI is InChI=1S/C16H13F17O4S.Na/c17-9(18,6-1-3-8(4-2-6)7(5-37-8)38(34,35)36)10(19,20)11(21,22)12(23,24)13(25,26)14(27,28)15(29,30)16(31,32)33;/h6-7H,1-5H2,(H,34,35,36);/q;+1/p-1. The molecule has 0 aromatic heterocycles. The van der Waals surface area contributed by atoms with Crippen molar-refractivity contribution in [1.82, 2.24) is 0 Å². The zero-order valence-corrected chi connectivity index (χ0v) is 21.5. The summed E-state index contributed by atoms with van der Waals surface area (Å²) in [5.41, 5.74) is -2.08. The molecule has 1 saturated heterocycles. The molecule has 2 fully saturated rings. The van der Waals surface area contributed by atoms with Gasteiger partial charge in [0, 0.05) is 5.92 Å². The molecule has 23 heteroatoms. The molecule has 1 heterocycles. The molecule has 4 nitrogen and oxygen atoms in total. The molecule has 1 aliphatic carbocycles. The van der Waals surface area contributed by atoms with Crippen LogP contribution in [0.1, 0.15) is 25.7 Å². The van der Waals surface area contributed by atoms with Crippen LogP contribution in [0.4, 0.5) is 74.6 Å². The van der Waals surface area contributed by atoms with Crippen molar-refractivity contribution in [2.75, 3.05) is 6.61 Å². The molecular weight excluding hydrogens is 634 g/mol. The second-order valence-corrected chi connectivity index (χ2v) is 10.3. The van der Waals surface area contributed by atoms with Crippen LogP contribution in [0.25, 0.3) is 0 Å². The minimum atomic E-state index is -8.70. The minimum Gasteiger partial charge on any atom is -0.748 e. The van der Waals surface area contributed by atoms with Crippen LogP contribution in [-0.2, 0) is 14.9 Å². The summed E-state index contributed by atoms with van der Waals surface area (Å²) in [6, 6.07) is 0. The van der Waals surface area contributed by atoms with Crippen LogP contribution in [0.5, 0.6) is 0 Å². The van der Waals surface area contributed by atoms with Crippen LogP contribution >= 0.6 is 0 Å². The third-order valence-corrected chi connectivity index (χ3v) is 7.81. The summed E-state index contributed by atoms with van der Waals surface area (Å²) in [5, 5.41) is -1.92. The van der Waals surface area contributed by atoms with Gasteiger partial charge in [0.1, 0.15) is 15.4 Å². The number of halogens is 17. The molecule has 0 aromatic carbocycles. The predicted octanol–water partition coefficient (Wildman–Crippen LogP) is 2.87. The smallest absolute Gasteiger partial charge is 0.748 e. The van der Waals surface area contributed by atoms with Crippen LogP contribution < -0.4 is 29.6 Å². The van der Waals surface area contributed by atoms with E-state index < -0.39 is 107 Å². The molecule has 0 aromatic rings. The number of ether oxygens (including phenoxy) is 1. The Kier molecular flexibility index (Phi) is 9.29. The topological polar surface area (TPSA) is 66.4 Å². The number of hydrogen-bond donors (Lipinski definition) is 0. The van der Waals surface area contributed by atoms with Gasteiger partial charge >= 0.3 is 77.2 Å². The Labute approximate surface area is 228 Å². The number of alkyl halides is 17. The van der Waals surface area contributed by atoms with Gasteiger partial charge in [0.25, 0.3) is 0 Å². The van der Waals surface area contributed by atoms with Gasteiger partial charge in [0.15, 0.2) is 0 Å². The van der Waals surface area contributed by atoms with Crippen molar-refractivity contribution < 1.29 is 122 Å². The molecule has 0 bridgehead atoms. The van der Waals surface area contributed by atoms with E-state index in [1.54, 1.807) is 0 Å². The first kappa shape index (κ1) is 36.7. The van der Waals surface area contributed by atoms with Gasteiger partial charge in [-0.25, -0.2) is 8.42 Å². The molecule has 2 aliphatic rings. The zero-order chi connectivity index (χ0) is 30.4. The first-order chi connectivity index (χ1) is 16.4. The Morgan fingerprint density at radius 3 is 1.23 bits per heavy atom. The molecule has 226 valence electrons. The molecule has 1 saturated carbocycles. The molecule has 1 aliphatic heterocycles. The minimum absolute atomic E-state index is 0. The first-order valence-corrected chi connectivity index (χ1v) is 11.2. The summed E-state index contributed by atoms with van der Waals surface area (Å²) in [7, 11) is -5.18. The van der Waals surface area contributed by atoms with E-state index >= 15 is 0 Å². The Balaban J connectivity index is 0.00000760. The average molecular weight is 646 g/mol. The Hall–Kier alpha value is -0.320. The van der Waals surface area contributed by atoms with Gasteiger partial charge in [-0.2, -0.15) is 74.6 Å². The SMILES string of the molecule is O=S(=O)([O-])C1COC12CCC(C(F)(F)C(F)(F)C(F)(F)C(F)(F)C(F)(F)C(F)(F)C(F)(F)C(F)(F)F)CC2.[Na+]. The van der Waals surface area contributed by atoms with Crippen LogP contribution in [0.3, 0.4) is 0 Å². The fraction of sp³-hybridized carbons (Fsp3) is 1.00. The number of hydrogen-bond acceptors (Lipinski definition) is 4. The molecule has 0 radical (unpaired) electrons. The normalized spacial score (nSPS) is 26.7. The van der Waals surface area contributed by atoms with E-state index in [2.05, 4.69) is 0 Å². The third-order valence-electron chi connectivity index (χ3n) is 6.55. The summed E-state index contributed by atoms with van der Waals surface area (Å²) >= 11 is 0. The van der Waals surface area contributed by atoms with Gasteiger partial charge in [0.2, 0.25) is 0 Å². The Morgan fingerprint density at radius 1 is 0.615 bits per heavy atom. The second-order valence-electron chi connectivity index (χ2n) is 8.70. The van der Waals surface area contributed by atoms with Crippen molar-refractivity contribution in [2.45, 2.75) is 84.2 Å². The Bertz CT molecular complexity index is 1020. The fourth-order valence-electron chi connectivity index (χ4n) is 4.10. The maximum atomic E-state index is 14.4. The predicted molar refractivity (Wildman–Crippen MR) is 84.8 cm³/mol. The summed E-state index contributed by atoms with van der Waals surface area (Å²) < 4.78 is 266. The largest absolute Gasteiger partial charge is 1.00 e. The van der Waals surface area contributed by atoms with Gasteiger partial charge in [-0.1, -0.05) is 0 Å². The summed E-state index contributed by atoms with van der Waals surface area (Å²) in [4.78, 5) is 0. The summed E-state index contributed by atoms with van der Waals surface area (Å²) in [6.45, 7) is -0.792. The van der Waals surface area contributed by atoms with Crippen LogP contribution in [0, 0.1) is 5.92 Å². The van der Waals surface area contributed by atoms with Gasteiger partial charge < -0.3 is 9.29 Å². The molecule has 2 rings (SSSR count). The van der Waals surface area contributed by atoms with E-state index in [1.165, 1.54) is 0 Å². The molecule has 0 N–H and O–H groups in total. The number of rotatable bonds is 8. The van der Waals surface area contributed by atoms with Crippen molar-refractivity contribution in [3.8, 4) is 0 Å². The first-order valence-electron chi connectivity index (χ1n) is 9.70. The van der Waals surface area contributed by atoms with E-state index in [1.807, 2.05) is 0 Å². The van der Waals surface area contributed by atoms with Crippen molar-refractivity contribution in [3.05, 3.63) is 0 Å². The quantitative estimate of drug-likeness (QED) is 0.231. The Morgan fingerprint density at radius 2 is 0.949 bits per heavy atom. The van der Waals surface area contributed by atoms with E-state index in [-0.39, 0.29) is 29.6 Å². The monoisotopic (exact) mass is 646 g/mol. The fourth-order valence-corrected chi connectivity index (χ4v) is 5.17.